The zero-order chi connectivity index (χ0) is 21.6. The van der Waals surface area contributed by atoms with Crippen molar-refractivity contribution in [3.05, 3.63) is 29.3 Å². The molecule has 1 aromatic heterocycles. The van der Waals surface area contributed by atoms with Gasteiger partial charge in [0.05, 0.1) is 24.8 Å². The van der Waals surface area contributed by atoms with Crippen LogP contribution < -0.4 is 9.62 Å². The second kappa shape index (κ2) is 10.2. The summed E-state index contributed by atoms with van der Waals surface area (Å²) in [5.74, 6) is -0.892. The van der Waals surface area contributed by atoms with Crippen molar-refractivity contribution in [2.75, 3.05) is 28.7 Å². The highest BCUT2D eigenvalue weighted by Gasteiger charge is 2.32. The first-order valence-corrected chi connectivity index (χ1v) is 12.3. The van der Waals surface area contributed by atoms with Crippen molar-refractivity contribution >= 4 is 67.4 Å². The smallest absolute Gasteiger partial charge is 0.316 e. The number of nitrogens with zero attached hydrogens (tertiary/aromatic N) is 3. The molecule has 0 aliphatic heterocycles. The summed E-state index contributed by atoms with van der Waals surface area (Å²) in [6.45, 7) is 1.70. The van der Waals surface area contributed by atoms with E-state index < -0.39 is 27.9 Å². The minimum absolute atomic E-state index is 0.0646. The number of amides is 1. The van der Waals surface area contributed by atoms with E-state index in [1.54, 1.807) is 19.1 Å². The van der Waals surface area contributed by atoms with Crippen molar-refractivity contribution in [3.8, 4) is 0 Å². The molecule has 1 aromatic carbocycles. The summed E-state index contributed by atoms with van der Waals surface area (Å²) in [6, 6.07) is 5.17. The third kappa shape index (κ3) is 6.56. The van der Waals surface area contributed by atoms with Gasteiger partial charge in [0, 0.05) is 5.02 Å². The Bertz CT molecular complexity index is 965. The summed E-state index contributed by atoms with van der Waals surface area (Å²) in [4.78, 5) is 24.0. The number of carbonyl (C=O) groups excluding carboxylic acids is 2. The second-order valence-corrected chi connectivity index (χ2v) is 10.2. The minimum Gasteiger partial charge on any atom is -0.468 e. The summed E-state index contributed by atoms with van der Waals surface area (Å²) in [6.07, 6.45) is 1.26. The van der Waals surface area contributed by atoms with E-state index in [0.29, 0.717) is 15.0 Å². The van der Waals surface area contributed by atoms with Gasteiger partial charge in [0.15, 0.2) is 4.34 Å². The molecule has 1 atom stereocenters. The first-order chi connectivity index (χ1) is 13.7. The third-order valence-electron chi connectivity index (χ3n) is 3.59. The van der Waals surface area contributed by atoms with E-state index >= 15 is 0 Å². The summed E-state index contributed by atoms with van der Waals surface area (Å²) >= 11 is 8.08. The fourth-order valence-corrected chi connectivity index (χ4v) is 5.26. The van der Waals surface area contributed by atoms with Gasteiger partial charge in [0.25, 0.3) is 0 Å². The van der Waals surface area contributed by atoms with Crippen LogP contribution in [0.1, 0.15) is 13.3 Å². The Balaban J connectivity index is 2.18. The molecule has 0 fully saturated rings. The number of aromatic nitrogens is 2. The van der Waals surface area contributed by atoms with Crippen molar-refractivity contribution < 1.29 is 22.7 Å². The van der Waals surface area contributed by atoms with Gasteiger partial charge in [-0.05, 0) is 30.7 Å². The lowest BCUT2D eigenvalue weighted by molar-refractivity contribution is -0.137. The van der Waals surface area contributed by atoms with Crippen LogP contribution in [0.3, 0.4) is 0 Å². The summed E-state index contributed by atoms with van der Waals surface area (Å²) in [5, 5.41) is 11.0. The van der Waals surface area contributed by atoms with Crippen LogP contribution in [0.25, 0.3) is 0 Å². The van der Waals surface area contributed by atoms with E-state index in [1.807, 2.05) is 0 Å². The van der Waals surface area contributed by atoms with Gasteiger partial charge in [-0.25, -0.2) is 8.42 Å². The number of thioether (sulfide) groups is 1. The van der Waals surface area contributed by atoms with Crippen molar-refractivity contribution in [1.29, 1.82) is 0 Å². The number of anilines is 2. The van der Waals surface area contributed by atoms with Gasteiger partial charge in [-0.15, -0.1) is 10.2 Å². The number of hydrogen-bond acceptors (Lipinski definition) is 9. The Kier molecular flexibility index (Phi) is 8.25. The summed E-state index contributed by atoms with van der Waals surface area (Å²) < 4.78 is 30.9. The number of halogens is 1. The molecule has 0 aliphatic carbocycles. The van der Waals surface area contributed by atoms with Crippen LogP contribution >= 0.6 is 34.7 Å². The fraction of sp³-hybridized carbons (Fsp3) is 0.375. The van der Waals surface area contributed by atoms with Crippen LogP contribution in [0.15, 0.2) is 28.6 Å². The first kappa shape index (κ1) is 23.4. The number of esters is 1. The predicted molar refractivity (Wildman–Crippen MR) is 114 cm³/mol. The molecule has 0 bridgehead atoms. The summed E-state index contributed by atoms with van der Waals surface area (Å²) in [5.41, 5.74) is 0.325. The quantitative estimate of drug-likeness (QED) is 0.332. The van der Waals surface area contributed by atoms with Crippen molar-refractivity contribution in [2.45, 2.75) is 23.7 Å². The van der Waals surface area contributed by atoms with Gasteiger partial charge < -0.3 is 4.74 Å². The standard InChI is InChI=1S/C16H19ClN4O5S3/c1-4-12(21(29(3,24)25)11-7-5-10(17)6-8-11)14(23)18-15-19-20-16(28-15)27-9-13(22)26-2/h5-8,12H,4,9H2,1-3H3,(H,18,19,23)/t12-/m1/s1. The molecule has 29 heavy (non-hydrogen) atoms. The number of benzene rings is 1. The predicted octanol–water partition coefficient (Wildman–Crippen LogP) is 2.64. The Morgan fingerprint density at radius 2 is 1.97 bits per heavy atom. The average molecular weight is 479 g/mol. The van der Waals surface area contributed by atoms with Gasteiger partial charge in [-0.1, -0.05) is 41.6 Å². The lowest BCUT2D eigenvalue weighted by atomic mass is 10.2. The molecule has 1 heterocycles. The number of carbonyl (C=O) groups is 2. The monoisotopic (exact) mass is 478 g/mol. The lowest BCUT2D eigenvalue weighted by Crippen LogP contribution is -2.46. The van der Waals surface area contributed by atoms with Crippen LogP contribution in [0.5, 0.6) is 0 Å². The van der Waals surface area contributed by atoms with Gasteiger partial charge >= 0.3 is 5.97 Å². The Hall–Kier alpha value is -1.89. The topological polar surface area (TPSA) is 119 Å². The Morgan fingerprint density at radius 3 is 2.52 bits per heavy atom. The molecule has 1 amide bonds. The highest BCUT2D eigenvalue weighted by molar-refractivity contribution is 8.01. The van der Waals surface area contributed by atoms with Gasteiger partial charge in [-0.2, -0.15) is 0 Å². The average Bonchev–Trinajstić information content (AvgIpc) is 3.11. The molecule has 0 saturated heterocycles. The van der Waals surface area contributed by atoms with Crippen molar-refractivity contribution in [1.82, 2.24) is 10.2 Å². The Morgan fingerprint density at radius 1 is 1.31 bits per heavy atom. The molecule has 0 radical (unpaired) electrons. The molecule has 0 unspecified atom stereocenters. The van der Waals surface area contributed by atoms with Crippen LogP contribution in [-0.2, 0) is 24.3 Å². The normalized spacial score (nSPS) is 12.3. The molecular formula is C16H19ClN4O5S3. The molecule has 158 valence electrons. The van der Waals surface area contributed by atoms with Crippen LogP contribution in [-0.4, -0.2) is 55.7 Å². The van der Waals surface area contributed by atoms with E-state index in [4.69, 9.17) is 11.6 Å². The number of sulfonamides is 1. The number of rotatable bonds is 9. The first-order valence-electron chi connectivity index (χ1n) is 8.24. The van der Waals surface area contributed by atoms with E-state index in [2.05, 4.69) is 20.3 Å². The van der Waals surface area contributed by atoms with E-state index in [1.165, 1.54) is 19.2 Å². The minimum atomic E-state index is -3.75. The lowest BCUT2D eigenvalue weighted by Gasteiger charge is -2.29. The molecule has 0 aliphatic rings. The maximum absolute atomic E-state index is 12.8. The van der Waals surface area contributed by atoms with Crippen LogP contribution in [0.4, 0.5) is 10.8 Å². The zero-order valence-corrected chi connectivity index (χ0v) is 19.0. The number of hydrogen-bond donors (Lipinski definition) is 1. The highest BCUT2D eigenvalue weighted by atomic mass is 35.5. The Labute approximate surface area is 181 Å². The number of methoxy groups -OCH3 is 1. The fourth-order valence-electron chi connectivity index (χ4n) is 2.34. The van der Waals surface area contributed by atoms with Crippen molar-refractivity contribution in [2.24, 2.45) is 0 Å². The molecule has 9 nitrogen and oxygen atoms in total. The van der Waals surface area contributed by atoms with Gasteiger partial charge in [0.1, 0.15) is 6.04 Å². The number of nitrogens with one attached hydrogen (secondary N) is 1. The van der Waals surface area contributed by atoms with E-state index in [0.717, 1.165) is 33.7 Å². The van der Waals surface area contributed by atoms with Crippen molar-refractivity contribution in [3.63, 3.8) is 0 Å². The maximum atomic E-state index is 12.8. The molecule has 1 N–H and O–H groups in total. The van der Waals surface area contributed by atoms with E-state index in [-0.39, 0.29) is 17.3 Å². The van der Waals surface area contributed by atoms with Crippen LogP contribution in [0.2, 0.25) is 5.02 Å². The van der Waals surface area contributed by atoms with Gasteiger partial charge in [0.2, 0.25) is 21.1 Å². The number of ether oxygens (including phenoxy) is 1. The molecular weight excluding hydrogens is 460 g/mol. The highest BCUT2D eigenvalue weighted by Crippen LogP contribution is 2.28. The van der Waals surface area contributed by atoms with Gasteiger partial charge in [-0.3, -0.25) is 19.2 Å². The largest absolute Gasteiger partial charge is 0.468 e. The molecule has 2 aromatic rings. The van der Waals surface area contributed by atoms with Crippen LogP contribution in [0, 0.1) is 0 Å². The molecule has 0 spiro atoms. The molecule has 13 heteroatoms. The molecule has 0 saturated carbocycles. The summed E-state index contributed by atoms with van der Waals surface area (Å²) in [7, 11) is -2.47. The molecule has 2 rings (SSSR count). The maximum Gasteiger partial charge on any atom is 0.316 e. The SMILES string of the molecule is CC[C@H](C(=O)Nc1nnc(SCC(=O)OC)s1)N(c1ccc(Cl)cc1)S(C)(=O)=O. The third-order valence-corrected chi connectivity index (χ3v) is 6.97. The van der Waals surface area contributed by atoms with E-state index in [9.17, 15) is 18.0 Å². The zero-order valence-electron chi connectivity index (χ0n) is 15.8. The second-order valence-electron chi connectivity index (χ2n) is 5.69.